The highest BCUT2D eigenvalue weighted by Gasteiger charge is 2.44. The number of aliphatic hydroxyl groups is 1. The van der Waals surface area contributed by atoms with E-state index in [1.165, 1.54) is 16.0 Å². The summed E-state index contributed by atoms with van der Waals surface area (Å²) in [7, 11) is 0. The number of hydrogen-bond donors (Lipinski definition) is 1. The van der Waals surface area contributed by atoms with Gasteiger partial charge in [0, 0.05) is 35.3 Å². The van der Waals surface area contributed by atoms with Gasteiger partial charge in [-0.15, -0.1) is 11.3 Å². The van der Waals surface area contributed by atoms with Crippen molar-refractivity contribution in [2.75, 3.05) is 19.7 Å². The number of thiophene rings is 1. The molecule has 4 heteroatoms. The summed E-state index contributed by atoms with van der Waals surface area (Å²) in [4.78, 5) is 5.48. The number of hydrogen-bond acceptors (Lipinski definition) is 4. The molecule has 0 radical (unpaired) electrons. The molecule has 0 aliphatic carbocycles. The fourth-order valence-electron chi connectivity index (χ4n) is 4.77. The zero-order chi connectivity index (χ0) is 18.9. The molecule has 0 saturated carbocycles. The van der Waals surface area contributed by atoms with Crippen molar-refractivity contribution in [3.8, 4) is 0 Å². The summed E-state index contributed by atoms with van der Waals surface area (Å²) in [5.41, 5.74) is 2.57. The van der Waals surface area contributed by atoms with Gasteiger partial charge in [-0.2, -0.15) is 0 Å². The van der Waals surface area contributed by atoms with Gasteiger partial charge < -0.3 is 9.84 Å². The highest BCUT2D eigenvalue weighted by atomic mass is 32.1. The Bertz CT molecular complexity index is 759. The maximum Gasteiger partial charge on any atom is 0.0969 e. The van der Waals surface area contributed by atoms with Crippen LogP contribution in [0.5, 0.6) is 0 Å². The molecule has 1 unspecified atom stereocenters. The number of piperidine rings is 1. The van der Waals surface area contributed by atoms with Crippen LogP contribution in [0.4, 0.5) is 0 Å². The molecule has 2 aliphatic rings. The Balaban J connectivity index is 1.42. The minimum absolute atomic E-state index is 0.0994. The van der Waals surface area contributed by atoms with E-state index in [-0.39, 0.29) is 11.7 Å². The Hall–Kier alpha value is -1.20. The summed E-state index contributed by atoms with van der Waals surface area (Å²) >= 11 is 1.98. The van der Waals surface area contributed by atoms with Gasteiger partial charge in [-0.3, -0.25) is 4.90 Å². The molecular formula is C23H31NO2S. The van der Waals surface area contributed by atoms with E-state index in [9.17, 15) is 5.11 Å². The summed E-state index contributed by atoms with van der Waals surface area (Å²) < 4.78 is 6.43. The van der Waals surface area contributed by atoms with Gasteiger partial charge in [-0.1, -0.05) is 37.3 Å². The number of aryl methyl sites for hydroxylation is 1. The summed E-state index contributed by atoms with van der Waals surface area (Å²) in [5, 5.41) is 10.6. The lowest BCUT2D eigenvalue weighted by atomic mass is 9.79. The number of nitrogens with zero attached hydrogens (tertiary/aromatic N) is 1. The first-order valence-electron chi connectivity index (χ1n) is 10.3. The zero-order valence-corrected chi connectivity index (χ0v) is 17.3. The lowest BCUT2D eigenvalue weighted by Gasteiger charge is -2.47. The number of ether oxygens (including phenoxy) is 1. The van der Waals surface area contributed by atoms with Crippen LogP contribution in [0.1, 0.15) is 47.6 Å². The average molecular weight is 386 g/mol. The van der Waals surface area contributed by atoms with E-state index >= 15 is 0 Å². The Morgan fingerprint density at radius 2 is 2.15 bits per heavy atom. The zero-order valence-electron chi connectivity index (χ0n) is 16.5. The SMILES string of the molecule is CCc1cc2c(s1)CCO[C@@]21CCN(CC(O)Cc2ccccc2)[C@@H](C)C1. The number of likely N-dealkylation sites (tertiary alicyclic amines) is 1. The van der Waals surface area contributed by atoms with Crippen molar-refractivity contribution < 1.29 is 9.84 Å². The molecule has 4 rings (SSSR count). The molecule has 2 aromatic rings. The van der Waals surface area contributed by atoms with Crippen molar-refractivity contribution in [2.45, 2.75) is 63.7 Å². The van der Waals surface area contributed by atoms with Gasteiger partial charge in [0.2, 0.25) is 0 Å². The molecule has 27 heavy (non-hydrogen) atoms. The molecule has 3 heterocycles. The molecule has 3 nitrogen and oxygen atoms in total. The third-order valence-electron chi connectivity index (χ3n) is 6.22. The van der Waals surface area contributed by atoms with Crippen molar-refractivity contribution in [2.24, 2.45) is 0 Å². The number of β-amino-alcohol motifs (C(OH)–C–C–N with tert-alkyl or cyclic N) is 1. The number of rotatable bonds is 5. The van der Waals surface area contributed by atoms with E-state index in [0.717, 1.165) is 51.8 Å². The normalized spacial score (nSPS) is 26.9. The number of aliphatic hydroxyl groups excluding tert-OH is 1. The first-order chi connectivity index (χ1) is 13.1. The third-order valence-corrected chi connectivity index (χ3v) is 7.56. The standard InChI is InChI=1S/C23H31NO2S/c1-3-20-14-21-22(27-20)9-12-26-23(21)10-11-24(17(2)15-23)16-19(25)13-18-7-5-4-6-8-18/h4-8,14,17,19,25H,3,9-13,15-16H2,1-2H3/t17-,19?,23+/m0/s1. The molecule has 2 aliphatic heterocycles. The molecule has 1 spiro atoms. The van der Waals surface area contributed by atoms with E-state index in [4.69, 9.17) is 4.74 Å². The van der Waals surface area contributed by atoms with Crippen LogP contribution in [0.3, 0.4) is 0 Å². The van der Waals surface area contributed by atoms with Gasteiger partial charge >= 0.3 is 0 Å². The molecule has 1 aromatic heterocycles. The summed E-state index contributed by atoms with van der Waals surface area (Å²) in [6.45, 7) is 7.11. The van der Waals surface area contributed by atoms with Crippen molar-refractivity contribution in [1.82, 2.24) is 4.90 Å². The molecule has 0 amide bonds. The summed E-state index contributed by atoms with van der Waals surface area (Å²) in [5.74, 6) is 0. The van der Waals surface area contributed by atoms with E-state index in [2.05, 4.69) is 36.9 Å². The van der Waals surface area contributed by atoms with Crippen LogP contribution in [0, 0.1) is 0 Å². The topological polar surface area (TPSA) is 32.7 Å². The molecule has 1 aromatic carbocycles. The minimum atomic E-state index is -0.320. The van der Waals surface area contributed by atoms with E-state index in [1.807, 2.05) is 29.5 Å². The van der Waals surface area contributed by atoms with Gasteiger partial charge in [0.05, 0.1) is 18.3 Å². The Kier molecular flexibility index (Phi) is 5.70. The molecule has 0 bridgehead atoms. The van der Waals surface area contributed by atoms with Crippen molar-refractivity contribution >= 4 is 11.3 Å². The second kappa shape index (κ2) is 8.04. The van der Waals surface area contributed by atoms with Gasteiger partial charge in [-0.05, 0) is 49.8 Å². The molecule has 1 saturated heterocycles. The molecule has 1 fully saturated rings. The van der Waals surface area contributed by atoms with Crippen molar-refractivity contribution in [3.05, 3.63) is 57.3 Å². The number of benzene rings is 1. The second-order valence-corrected chi connectivity index (χ2v) is 9.36. The van der Waals surface area contributed by atoms with Crippen LogP contribution < -0.4 is 0 Å². The predicted octanol–water partition coefficient (Wildman–Crippen LogP) is 4.17. The first kappa shape index (κ1) is 19.1. The van der Waals surface area contributed by atoms with Gasteiger partial charge in [0.25, 0.3) is 0 Å². The first-order valence-corrected chi connectivity index (χ1v) is 11.1. The fourth-order valence-corrected chi connectivity index (χ4v) is 5.95. The maximum absolute atomic E-state index is 10.6. The molecular weight excluding hydrogens is 354 g/mol. The molecule has 1 N–H and O–H groups in total. The van der Waals surface area contributed by atoms with E-state index < -0.39 is 0 Å². The largest absolute Gasteiger partial charge is 0.391 e. The Morgan fingerprint density at radius 3 is 2.89 bits per heavy atom. The van der Waals surface area contributed by atoms with E-state index in [0.29, 0.717) is 6.04 Å². The van der Waals surface area contributed by atoms with Crippen LogP contribution >= 0.6 is 11.3 Å². The minimum Gasteiger partial charge on any atom is -0.391 e. The number of fused-ring (bicyclic) bond motifs is 2. The Morgan fingerprint density at radius 1 is 1.33 bits per heavy atom. The quantitative estimate of drug-likeness (QED) is 0.839. The monoisotopic (exact) mass is 385 g/mol. The van der Waals surface area contributed by atoms with Gasteiger partial charge in [-0.25, -0.2) is 0 Å². The van der Waals surface area contributed by atoms with Crippen molar-refractivity contribution in [3.63, 3.8) is 0 Å². The van der Waals surface area contributed by atoms with Crippen LogP contribution in [-0.4, -0.2) is 41.8 Å². The maximum atomic E-state index is 10.6. The van der Waals surface area contributed by atoms with Crippen LogP contribution in [0.2, 0.25) is 0 Å². The van der Waals surface area contributed by atoms with E-state index in [1.54, 1.807) is 4.88 Å². The lowest BCUT2D eigenvalue weighted by molar-refractivity contribution is -0.114. The Labute approximate surface area is 167 Å². The third kappa shape index (κ3) is 4.00. The fraction of sp³-hybridized carbons (Fsp3) is 0.565. The smallest absolute Gasteiger partial charge is 0.0969 e. The van der Waals surface area contributed by atoms with Crippen LogP contribution in [0.15, 0.2) is 36.4 Å². The highest BCUT2D eigenvalue weighted by molar-refractivity contribution is 7.12. The van der Waals surface area contributed by atoms with Gasteiger partial charge in [0.15, 0.2) is 0 Å². The van der Waals surface area contributed by atoms with Crippen LogP contribution in [0.25, 0.3) is 0 Å². The average Bonchev–Trinajstić information content (AvgIpc) is 3.10. The second-order valence-electron chi connectivity index (χ2n) is 8.14. The van der Waals surface area contributed by atoms with Gasteiger partial charge in [0.1, 0.15) is 0 Å². The predicted molar refractivity (Wildman–Crippen MR) is 111 cm³/mol. The lowest BCUT2D eigenvalue weighted by Crippen LogP contribution is -2.52. The molecule has 146 valence electrons. The van der Waals surface area contributed by atoms with Crippen molar-refractivity contribution in [1.29, 1.82) is 0 Å². The summed E-state index contributed by atoms with van der Waals surface area (Å²) in [6, 6.07) is 13.1. The highest BCUT2D eigenvalue weighted by Crippen LogP contribution is 2.46. The van der Waals surface area contributed by atoms with Crippen LogP contribution in [-0.2, 0) is 29.6 Å². The molecule has 3 atom stereocenters. The summed E-state index contributed by atoms with van der Waals surface area (Å²) in [6.07, 6.45) is 4.64.